The lowest BCUT2D eigenvalue weighted by molar-refractivity contribution is -0.114. The van der Waals surface area contributed by atoms with Crippen molar-refractivity contribution in [3.63, 3.8) is 0 Å². The van der Waals surface area contributed by atoms with Crippen LogP contribution in [0.1, 0.15) is 16.7 Å². The van der Waals surface area contributed by atoms with Gasteiger partial charge in [-0.3, -0.25) is 9.10 Å². The van der Waals surface area contributed by atoms with Crippen LogP contribution < -0.4 is 9.62 Å². The molecule has 0 aliphatic rings. The first kappa shape index (κ1) is 24.2. The molecule has 0 bridgehead atoms. The van der Waals surface area contributed by atoms with Crippen molar-refractivity contribution >= 4 is 50.7 Å². The van der Waals surface area contributed by atoms with E-state index in [1.807, 2.05) is 68.4 Å². The zero-order valence-electron chi connectivity index (χ0n) is 18.1. The minimum atomic E-state index is -3.64. The van der Waals surface area contributed by atoms with Gasteiger partial charge in [-0.15, -0.1) is 11.8 Å². The first-order valence-corrected chi connectivity index (χ1v) is 13.1. The largest absolute Gasteiger partial charge is 0.323 e. The molecule has 1 amide bonds. The Balaban J connectivity index is 1.75. The van der Waals surface area contributed by atoms with E-state index in [0.29, 0.717) is 22.2 Å². The molecule has 3 aromatic rings. The maximum Gasteiger partial charge on any atom is 0.245 e. The highest BCUT2D eigenvalue weighted by molar-refractivity contribution is 7.98. The van der Waals surface area contributed by atoms with Gasteiger partial charge in [-0.05, 0) is 66.9 Å². The Morgan fingerprint density at radius 2 is 1.62 bits per heavy atom. The highest BCUT2D eigenvalue weighted by atomic mass is 35.5. The normalized spacial score (nSPS) is 11.2. The van der Waals surface area contributed by atoms with Gasteiger partial charge in [0.2, 0.25) is 15.9 Å². The van der Waals surface area contributed by atoms with Crippen molar-refractivity contribution in [2.45, 2.75) is 24.5 Å². The highest BCUT2D eigenvalue weighted by Crippen LogP contribution is 2.30. The summed E-state index contributed by atoms with van der Waals surface area (Å²) in [6.07, 6.45) is 1.11. The fourth-order valence-corrected chi connectivity index (χ4v) is 5.18. The molecule has 0 saturated heterocycles. The molecular weight excluding hydrogens is 464 g/mol. The third-order valence-electron chi connectivity index (χ3n) is 4.65. The lowest BCUT2D eigenvalue weighted by Gasteiger charge is -2.23. The summed E-state index contributed by atoms with van der Waals surface area (Å²) in [5.41, 5.74) is 4.09. The summed E-state index contributed by atoms with van der Waals surface area (Å²) in [5, 5.41) is 3.56. The zero-order chi connectivity index (χ0) is 23.3. The number of thioether (sulfide) groups is 1. The molecule has 168 valence electrons. The maximum absolute atomic E-state index is 12.8. The number of amides is 1. The molecule has 0 fully saturated rings. The number of nitrogens with one attached hydrogen (secondary N) is 1. The van der Waals surface area contributed by atoms with Crippen molar-refractivity contribution in [3.8, 4) is 0 Å². The van der Waals surface area contributed by atoms with Crippen LogP contribution in [0.4, 0.5) is 11.4 Å². The van der Waals surface area contributed by atoms with Gasteiger partial charge in [-0.25, -0.2) is 8.42 Å². The minimum Gasteiger partial charge on any atom is -0.323 e. The predicted molar refractivity (Wildman–Crippen MR) is 134 cm³/mol. The molecule has 1 N–H and O–H groups in total. The second-order valence-corrected chi connectivity index (χ2v) is 10.9. The zero-order valence-corrected chi connectivity index (χ0v) is 20.5. The van der Waals surface area contributed by atoms with Crippen LogP contribution in [0, 0.1) is 13.8 Å². The van der Waals surface area contributed by atoms with Crippen molar-refractivity contribution in [1.82, 2.24) is 0 Å². The lowest BCUT2D eigenvalue weighted by atomic mass is 10.1. The molecule has 0 heterocycles. The molecule has 0 radical (unpaired) electrons. The molecule has 3 rings (SSSR count). The van der Waals surface area contributed by atoms with Crippen LogP contribution in [0.25, 0.3) is 0 Å². The van der Waals surface area contributed by atoms with Gasteiger partial charge in [0.1, 0.15) is 6.54 Å². The van der Waals surface area contributed by atoms with Crippen molar-refractivity contribution < 1.29 is 13.2 Å². The molecule has 5 nitrogen and oxygen atoms in total. The number of halogens is 1. The van der Waals surface area contributed by atoms with Crippen molar-refractivity contribution in [3.05, 3.63) is 88.4 Å². The molecule has 0 aliphatic carbocycles. The number of hydrogen-bond acceptors (Lipinski definition) is 4. The number of rotatable bonds is 8. The van der Waals surface area contributed by atoms with E-state index >= 15 is 0 Å². The Kier molecular flexibility index (Phi) is 7.87. The van der Waals surface area contributed by atoms with E-state index in [1.54, 1.807) is 23.9 Å². The van der Waals surface area contributed by atoms with E-state index < -0.39 is 15.9 Å². The van der Waals surface area contributed by atoms with E-state index in [0.717, 1.165) is 32.1 Å². The number of sulfonamides is 1. The fraction of sp³-hybridized carbons (Fsp3) is 0.208. The average molecular weight is 489 g/mol. The molecular formula is C24H25ClN2O3S2. The van der Waals surface area contributed by atoms with E-state index in [4.69, 9.17) is 11.6 Å². The van der Waals surface area contributed by atoms with Gasteiger partial charge < -0.3 is 5.32 Å². The van der Waals surface area contributed by atoms with Crippen LogP contribution in [0.3, 0.4) is 0 Å². The summed E-state index contributed by atoms with van der Waals surface area (Å²) >= 11 is 7.53. The number of aryl methyl sites for hydroxylation is 2. The topological polar surface area (TPSA) is 66.5 Å². The van der Waals surface area contributed by atoms with Crippen LogP contribution in [-0.4, -0.2) is 27.1 Å². The predicted octanol–water partition coefficient (Wildman–Crippen LogP) is 5.65. The first-order valence-electron chi connectivity index (χ1n) is 9.94. The maximum atomic E-state index is 12.8. The van der Waals surface area contributed by atoms with Crippen molar-refractivity contribution in [2.75, 3.05) is 22.4 Å². The quantitative estimate of drug-likeness (QED) is 0.416. The highest BCUT2D eigenvalue weighted by Gasteiger charge is 2.22. The number of anilines is 2. The number of benzene rings is 3. The third-order valence-corrected chi connectivity index (χ3v) is 7.19. The van der Waals surface area contributed by atoms with Gasteiger partial charge in [-0.2, -0.15) is 0 Å². The summed E-state index contributed by atoms with van der Waals surface area (Å²) in [7, 11) is -3.64. The molecule has 0 saturated carbocycles. The number of hydrogen-bond donors (Lipinski definition) is 1. The van der Waals surface area contributed by atoms with Gasteiger partial charge in [0.15, 0.2) is 0 Å². The minimum absolute atomic E-state index is 0.308. The number of carbonyl (C=O) groups is 1. The number of para-hydroxylation sites is 1. The van der Waals surface area contributed by atoms with Crippen molar-refractivity contribution in [2.24, 2.45) is 0 Å². The Morgan fingerprint density at radius 1 is 1.00 bits per heavy atom. The Morgan fingerprint density at radius 3 is 2.25 bits per heavy atom. The van der Waals surface area contributed by atoms with Gasteiger partial charge >= 0.3 is 0 Å². The smallest absolute Gasteiger partial charge is 0.245 e. The van der Waals surface area contributed by atoms with Gasteiger partial charge in [0.25, 0.3) is 0 Å². The molecule has 0 atom stereocenters. The summed E-state index contributed by atoms with van der Waals surface area (Å²) in [5.74, 6) is 0.302. The molecule has 0 spiro atoms. The number of nitrogens with zero attached hydrogens (tertiary/aromatic N) is 1. The summed E-state index contributed by atoms with van der Waals surface area (Å²) < 4.78 is 26.0. The lowest BCUT2D eigenvalue weighted by Crippen LogP contribution is -2.37. The van der Waals surface area contributed by atoms with E-state index in [-0.39, 0.29) is 6.54 Å². The molecule has 8 heteroatoms. The summed E-state index contributed by atoms with van der Waals surface area (Å²) in [6.45, 7) is 3.48. The van der Waals surface area contributed by atoms with Gasteiger partial charge in [0.05, 0.1) is 17.6 Å². The second-order valence-electron chi connectivity index (χ2n) is 7.58. The van der Waals surface area contributed by atoms with Crippen molar-refractivity contribution in [1.29, 1.82) is 0 Å². The van der Waals surface area contributed by atoms with E-state index in [2.05, 4.69) is 5.32 Å². The molecule has 0 unspecified atom stereocenters. The number of carbonyl (C=O) groups excluding carboxylic acids is 1. The SMILES string of the molecule is Cc1cc(C)cc(N(CC(=O)Nc2ccccc2SCc2ccc(Cl)cc2)S(C)(=O)=O)c1. The third kappa shape index (κ3) is 6.76. The van der Waals surface area contributed by atoms with Crippen LogP contribution in [0.2, 0.25) is 5.02 Å². The Bertz CT molecular complexity index is 1190. The monoisotopic (exact) mass is 488 g/mol. The van der Waals surface area contributed by atoms with Crippen LogP contribution >= 0.6 is 23.4 Å². The van der Waals surface area contributed by atoms with E-state index in [9.17, 15) is 13.2 Å². The van der Waals surface area contributed by atoms with Gasteiger partial charge in [-0.1, -0.05) is 41.9 Å². The van der Waals surface area contributed by atoms with Gasteiger partial charge in [0, 0.05) is 15.7 Å². The first-order chi connectivity index (χ1) is 15.1. The van der Waals surface area contributed by atoms with Crippen LogP contribution in [0.5, 0.6) is 0 Å². The van der Waals surface area contributed by atoms with Crippen LogP contribution in [-0.2, 0) is 20.6 Å². The molecule has 32 heavy (non-hydrogen) atoms. The Hall–Kier alpha value is -2.48. The second kappa shape index (κ2) is 10.4. The fourth-order valence-electron chi connectivity index (χ4n) is 3.25. The average Bonchev–Trinajstić information content (AvgIpc) is 2.71. The standard InChI is InChI=1S/C24H25ClN2O3S2/c1-17-12-18(2)14-21(13-17)27(32(3,29)30)15-24(28)26-22-6-4-5-7-23(22)31-16-19-8-10-20(25)11-9-19/h4-14H,15-16H2,1-3H3,(H,26,28). The summed E-state index contributed by atoms with van der Waals surface area (Å²) in [6, 6.07) is 20.6. The van der Waals surface area contributed by atoms with Crippen LogP contribution in [0.15, 0.2) is 71.6 Å². The molecule has 0 aromatic heterocycles. The van der Waals surface area contributed by atoms with E-state index in [1.165, 1.54) is 0 Å². The summed E-state index contributed by atoms with van der Waals surface area (Å²) in [4.78, 5) is 13.7. The molecule has 0 aliphatic heterocycles. The molecule has 3 aromatic carbocycles. The Labute approximate surface area is 198 Å².